The second-order valence-electron chi connectivity index (χ2n) is 9.07. The molecule has 2 aliphatic heterocycles. The Hall–Kier alpha value is -3.51. The van der Waals surface area contributed by atoms with Crippen LogP contribution >= 0.6 is 0 Å². The van der Waals surface area contributed by atoms with Gasteiger partial charge in [0.2, 0.25) is 0 Å². The highest BCUT2D eigenvalue weighted by molar-refractivity contribution is 6.34. The molecule has 3 heterocycles. The first-order valence-electron chi connectivity index (χ1n) is 11.7. The lowest BCUT2D eigenvalue weighted by molar-refractivity contribution is -0.110. The van der Waals surface area contributed by atoms with Gasteiger partial charge in [0.25, 0.3) is 5.91 Å². The third-order valence-electron chi connectivity index (χ3n) is 6.80. The monoisotopic (exact) mass is 458 g/mol. The van der Waals surface area contributed by atoms with Gasteiger partial charge in [-0.3, -0.25) is 9.59 Å². The Morgan fingerprint density at radius 3 is 2.76 bits per heavy atom. The lowest BCUT2D eigenvalue weighted by atomic mass is 9.95. The van der Waals surface area contributed by atoms with Crippen molar-refractivity contribution >= 4 is 29.0 Å². The maximum Gasteiger partial charge on any atom is 0.256 e. The molecule has 0 aliphatic carbocycles. The van der Waals surface area contributed by atoms with E-state index in [2.05, 4.69) is 17.3 Å². The van der Waals surface area contributed by atoms with Gasteiger partial charge in [-0.1, -0.05) is 30.7 Å². The number of ketones is 1. The first-order valence-corrected chi connectivity index (χ1v) is 11.7. The Bertz CT molecular complexity index is 1260. The van der Waals surface area contributed by atoms with Crippen LogP contribution in [-0.4, -0.2) is 36.2 Å². The second-order valence-corrected chi connectivity index (χ2v) is 9.07. The molecule has 1 amide bonds. The van der Waals surface area contributed by atoms with E-state index in [1.54, 1.807) is 18.2 Å². The van der Waals surface area contributed by atoms with E-state index in [1.165, 1.54) is 31.4 Å². The molecular weight excluding hydrogens is 431 g/mol. The summed E-state index contributed by atoms with van der Waals surface area (Å²) in [6.45, 7) is 1.11. The minimum absolute atomic E-state index is 0.161. The molecule has 174 valence electrons. The number of rotatable bonds is 6. The summed E-state index contributed by atoms with van der Waals surface area (Å²) >= 11 is 0. The molecule has 1 fully saturated rings. The van der Waals surface area contributed by atoms with Crippen LogP contribution in [0.25, 0.3) is 23.0 Å². The normalized spacial score (nSPS) is 19.3. The maximum atomic E-state index is 13.7. The number of furan rings is 1. The number of nitrogens with one attached hydrogen (secondary N) is 1. The minimum Gasteiger partial charge on any atom is -0.457 e. The highest BCUT2D eigenvalue weighted by atomic mass is 19.1. The quantitative estimate of drug-likeness (QED) is 0.362. The van der Waals surface area contributed by atoms with Crippen LogP contribution < -0.4 is 5.32 Å². The molecule has 5 nitrogen and oxygen atoms in total. The summed E-state index contributed by atoms with van der Waals surface area (Å²) in [6.07, 6.45) is 6.72. The smallest absolute Gasteiger partial charge is 0.256 e. The molecule has 3 aromatic rings. The van der Waals surface area contributed by atoms with Crippen molar-refractivity contribution in [2.24, 2.45) is 0 Å². The van der Waals surface area contributed by atoms with Gasteiger partial charge < -0.3 is 14.6 Å². The summed E-state index contributed by atoms with van der Waals surface area (Å²) < 4.78 is 19.6. The summed E-state index contributed by atoms with van der Waals surface area (Å²) in [7, 11) is 2.15. The number of hydrogen-bond acceptors (Lipinski definition) is 4. The van der Waals surface area contributed by atoms with E-state index < -0.39 is 5.82 Å². The van der Waals surface area contributed by atoms with Crippen LogP contribution in [0.3, 0.4) is 0 Å². The highest BCUT2D eigenvalue weighted by Crippen LogP contribution is 2.34. The Balaban J connectivity index is 1.27. The van der Waals surface area contributed by atoms with Crippen molar-refractivity contribution in [2.45, 2.75) is 38.1 Å². The Labute approximate surface area is 198 Å². The van der Waals surface area contributed by atoms with Crippen LogP contribution in [0.1, 0.15) is 53.8 Å². The van der Waals surface area contributed by atoms with Crippen molar-refractivity contribution in [3.8, 4) is 11.3 Å². The fourth-order valence-corrected chi connectivity index (χ4v) is 4.80. The van der Waals surface area contributed by atoms with Gasteiger partial charge in [-0.05, 0) is 69.3 Å². The summed E-state index contributed by atoms with van der Waals surface area (Å²) in [5, 5.41) is 2.73. The summed E-state index contributed by atoms with van der Waals surface area (Å²) in [4.78, 5) is 27.4. The highest BCUT2D eigenvalue weighted by Gasteiger charge is 2.25. The number of anilines is 1. The number of halogens is 1. The first kappa shape index (κ1) is 22.3. The molecule has 5 rings (SSSR count). The number of hydrogen-bond donors (Lipinski definition) is 1. The van der Waals surface area contributed by atoms with Crippen LogP contribution in [-0.2, 0) is 4.79 Å². The van der Waals surface area contributed by atoms with E-state index >= 15 is 0 Å². The van der Waals surface area contributed by atoms with Crippen LogP contribution in [0.15, 0.2) is 59.0 Å². The molecule has 1 unspecified atom stereocenters. The summed E-state index contributed by atoms with van der Waals surface area (Å²) in [5.41, 5.74) is 3.01. The zero-order chi connectivity index (χ0) is 23.7. The van der Waals surface area contributed by atoms with Gasteiger partial charge in [-0.2, -0.15) is 0 Å². The maximum absolute atomic E-state index is 13.7. The molecule has 0 saturated carbocycles. The number of amides is 1. The van der Waals surface area contributed by atoms with Crippen molar-refractivity contribution in [1.29, 1.82) is 0 Å². The number of fused-ring (bicyclic) bond motifs is 1. The molecule has 0 spiro atoms. The fraction of sp³-hybridized carbons (Fsp3) is 0.286. The molecule has 1 N–H and O–H groups in total. The van der Waals surface area contributed by atoms with Gasteiger partial charge in [-0.25, -0.2) is 4.39 Å². The van der Waals surface area contributed by atoms with E-state index in [1.807, 2.05) is 30.3 Å². The SMILES string of the molecule is CN1CCCCC1CCC(=O)c1ccc(-c2ccc(/C=C3/C(=O)Nc4ccc(F)cc43)o2)cc1. The zero-order valence-corrected chi connectivity index (χ0v) is 19.1. The average Bonchev–Trinajstić information content (AvgIpc) is 3.43. The fourth-order valence-electron chi connectivity index (χ4n) is 4.80. The van der Waals surface area contributed by atoms with E-state index in [-0.39, 0.29) is 11.7 Å². The van der Waals surface area contributed by atoms with E-state index in [4.69, 9.17) is 4.42 Å². The molecule has 1 aromatic heterocycles. The number of Topliss-reactive ketones (excluding diaryl/α,β-unsaturated/α-hetero) is 1. The van der Waals surface area contributed by atoms with E-state index in [0.29, 0.717) is 46.4 Å². The minimum atomic E-state index is -0.401. The van der Waals surface area contributed by atoms with Crippen molar-refractivity contribution in [1.82, 2.24) is 4.90 Å². The topological polar surface area (TPSA) is 62.6 Å². The zero-order valence-electron chi connectivity index (χ0n) is 19.1. The number of piperidine rings is 1. The largest absolute Gasteiger partial charge is 0.457 e. The second kappa shape index (κ2) is 9.39. The molecule has 0 radical (unpaired) electrons. The molecule has 34 heavy (non-hydrogen) atoms. The van der Waals surface area contributed by atoms with Gasteiger partial charge in [0.05, 0.1) is 5.57 Å². The number of benzene rings is 2. The van der Waals surface area contributed by atoms with Gasteiger partial charge in [0.1, 0.15) is 17.3 Å². The van der Waals surface area contributed by atoms with Gasteiger partial charge in [-0.15, -0.1) is 0 Å². The Morgan fingerprint density at radius 2 is 1.97 bits per heavy atom. The standard InChI is InChI=1S/C28H27FN2O3/c1-31-15-3-2-4-21(31)10-13-26(32)18-5-7-19(8-6-18)27-14-11-22(34-27)17-24-23-16-20(29)9-12-25(23)30-28(24)33/h5-9,11-12,14,16-17,21H,2-4,10,13,15H2,1H3,(H,30,33)/b24-17+. The summed E-state index contributed by atoms with van der Waals surface area (Å²) in [5.74, 6) is 0.595. The molecule has 0 bridgehead atoms. The van der Waals surface area contributed by atoms with Crippen LogP contribution in [0, 0.1) is 5.82 Å². The lowest BCUT2D eigenvalue weighted by Gasteiger charge is -2.32. The molecule has 6 heteroatoms. The van der Waals surface area contributed by atoms with E-state index in [9.17, 15) is 14.0 Å². The van der Waals surface area contributed by atoms with Gasteiger partial charge in [0, 0.05) is 34.8 Å². The van der Waals surface area contributed by atoms with Crippen molar-refractivity contribution < 1.29 is 18.4 Å². The van der Waals surface area contributed by atoms with E-state index in [0.717, 1.165) is 18.5 Å². The molecule has 2 aromatic carbocycles. The van der Waals surface area contributed by atoms with Crippen molar-refractivity contribution in [3.63, 3.8) is 0 Å². The first-order chi connectivity index (χ1) is 16.5. The van der Waals surface area contributed by atoms with Crippen LogP contribution in [0.2, 0.25) is 0 Å². The van der Waals surface area contributed by atoms with Crippen LogP contribution in [0.4, 0.5) is 10.1 Å². The molecule has 1 saturated heterocycles. The molecule has 2 aliphatic rings. The average molecular weight is 459 g/mol. The molecule has 1 atom stereocenters. The number of nitrogens with zero attached hydrogens (tertiary/aromatic N) is 1. The third-order valence-corrected chi connectivity index (χ3v) is 6.80. The van der Waals surface area contributed by atoms with Gasteiger partial charge in [0.15, 0.2) is 5.78 Å². The lowest BCUT2D eigenvalue weighted by Crippen LogP contribution is -2.36. The van der Waals surface area contributed by atoms with Crippen molar-refractivity contribution in [2.75, 3.05) is 18.9 Å². The predicted molar refractivity (Wildman–Crippen MR) is 131 cm³/mol. The summed E-state index contributed by atoms with van der Waals surface area (Å²) in [6, 6.07) is 15.7. The third kappa shape index (κ3) is 4.59. The number of likely N-dealkylation sites (tertiary alicyclic amines) is 1. The molecular formula is C28H27FN2O3. The van der Waals surface area contributed by atoms with Gasteiger partial charge >= 0.3 is 0 Å². The number of carbonyl (C=O) groups is 2. The predicted octanol–water partition coefficient (Wildman–Crippen LogP) is 6.03. The van der Waals surface area contributed by atoms with Crippen LogP contribution in [0.5, 0.6) is 0 Å². The Kier molecular flexibility index (Phi) is 6.16. The van der Waals surface area contributed by atoms with Crippen molar-refractivity contribution in [3.05, 3.63) is 77.3 Å². The number of carbonyl (C=O) groups excluding carboxylic acids is 2. The Morgan fingerprint density at radius 1 is 1.15 bits per heavy atom.